The summed E-state index contributed by atoms with van der Waals surface area (Å²) < 4.78 is 10.9. The van der Waals surface area contributed by atoms with Crippen LogP contribution in [0.1, 0.15) is 27.5 Å². The molecule has 0 unspecified atom stereocenters. The first-order valence-corrected chi connectivity index (χ1v) is 13.9. The maximum absolute atomic E-state index is 14.1. The summed E-state index contributed by atoms with van der Waals surface area (Å²) in [5, 5.41) is 0.857. The molecule has 41 heavy (non-hydrogen) atoms. The summed E-state index contributed by atoms with van der Waals surface area (Å²) in [7, 11) is 3.23. The van der Waals surface area contributed by atoms with Crippen LogP contribution >= 0.6 is 0 Å². The number of nitrogens with zero attached hydrogens (tertiary/aromatic N) is 3. The van der Waals surface area contributed by atoms with Crippen LogP contribution in [0.5, 0.6) is 11.5 Å². The van der Waals surface area contributed by atoms with Gasteiger partial charge in [-0.2, -0.15) is 0 Å². The lowest BCUT2D eigenvalue weighted by atomic mass is 9.96. The molecule has 6 heteroatoms. The lowest BCUT2D eigenvalue weighted by molar-refractivity contribution is 0.0599. The molecular weight excluding hydrogens is 510 g/mol. The first-order valence-electron chi connectivity index (χ1n) is 13.9. The Morgan fingerprint density at radius 2 is 1.32 bits per heavy atom. The molecule has 1 amide bonds. The number of rotatable bonds is 7. The summed E-state index contributed by atoms with van der Waals surface area (Å²) in [5.41, 5.74) is 5.56. The lowest BCUT2D eigenvalue weighted by Gasteiger charge is -2.40. The van der Waals surface area contributed by atoms with Crippen molar-refractivity contribution in [2.75, 3.05) is 40.4 Å². The molecule has 0 aliphatic carbocycles. The number of hydrogen-bond acceptors (Lipinski definition) is 5. The number of hydrogen-bond donors (Lipinski definition) is 0. The number of carbonyl (C=O) groups excluding carboxylic acids is 1. The topological polar surface area (TPSA) is 54.9 Å². The average molecular weight is 544 g/mol. The molecule has 1 saturated heterocycles. The van der Waals surface area contributed by atoms with Gasteiger partial charge in [0.25, 0.3) is 5.91 Å². The highest BCUT2D eigenvalue weighted by molar-refractivity contribution is 6.07. The number of amides is 1. The van der Waals surface area contributed by atoms with E-state index in [0.29, 0.717) is 30.2 Å². The minimum atomic E-state index is 0.0287. The third-order valence-electron chi connectivity index (χ3n) is 7.82. The molecule has 1 fully saturated rings. The molecule has 0 bridgehead atoms. The number of piperazine rings is 1. The number of aromatic nitrogens is 1. The fourth-order valence-electron chi connectivity index (χ4n) is 5.73. The van der Waals surface area contributed by atoms with Crippen molar-refractivity contribution in [3.05, 3.63) is 126 Å². The van der Waals surface area contributed by atoms with Crippen molar-refractivity contribution < 1.29 is 14.3 Å². The van der Waals surface area contributed by atoms with Crippen molar-refractivity contribution in [2.24, 2.45) is 0 Å². The normalized spacial score (nSPS) is 13.9. The Morgan fingerprint density at radius 3 is 1.95 bits per heavy atom. The fourth-order valence-corrected chi connectivity index (χ4v) is 5.73. The highest BCUT2D eigenvalue weighted by atomic mass is 16.5. The molecule has 0 saturated carbocycles. The molecule has 5 aromatic rings. The van der Waals surface area contributed by atoms with Crippen LogP contribution in [0.25, 0.3) is 22.2 Å². The van der Waals surface area contributed by atoms with Gasteiger partial charge in [0.05, 0.1) is 37.0 Å². The summed E-state index contributed by atoms with van der Waals surface area (Å²) in [6, 6.07) is 36.8. The SMILES string of the molecule is COc1ccc(-c2cc(C(=O)N3CCN(C(c4ccccc4)c4ccccc4)CC3)c3ccccc3n2)cc1OC. The van der Waals surface area contributed by atoms with Gasteiger partial charge in [0.15, 0.2) is 11.5 Å². The summed E-state index contributed by atoms with van der Waals surface area (Å²) in [6.45, 7) is 2.87. The number of methoxy groups -OCH3 is 2. The Morgan fingerprint density at radius 1 is 0.707 bits per heavy atom. The summed E-state index contributed by atoms with van der Waals surface area (Å²) in [4.78, 5) is 23.4. The Labute approximate surface area is 240 Å². The first-order chi connectivity index (χ1) is 20.2. The van der Waals surface area contributed by atoms with E-state index in [4.69, 9.17) is 14.5 Å². The van der Waals surface area contributed by atoms with Crippen LogP contribution in [0.3, 0.4) is 0 Å². The molecule has 0 spiro atoms. The van der Waals surface area contributed by atoms with Gasteiger partial charge in [-0.25, -0.2) is 4.98 Å². The van der Waals surface area contributed by atoms with Crippen molar-refractivity contribution in [2.45, 2.75) is 6.04 Å². The van der Waals surface area contributed by atoms with Crippen LogP contribution in [0.2, 0.25) is 0 Å². The second-order valence-electron chi connectivity index (χ2n) is 10.2. The molecule has 1 aromatic heterocycles. The number of carbonyl (C=O) groups is 1. The lowest BCUT2D eigenvalue weighted by Crippen LogP contribution is -2.49. The van der Waals surface area contributed by atoms with E-state index in [2.05, 4.69) is 65.6 Å². The molecule has 206 valence electrons. The number of para-hydroxylation sites is 1. The summed E-state index contributed by atoms with van der Waals surface area (Å²) >= 11 is 0. The molecule has 1 aliphatic heterocycles. The van der Waals surface area contributed by atoms with Crippen LogP contribution in [0.15, 0.2) is 109 Å². The van der Waals surface area contributed by atoms with Gasteiger partial charge in [0, 0.05) is 37.1 Å². The van der Waals surface area contributed by atoms with E-state index < -0.39 is 0 Å². The third kappa shape index (κ3) is 5.39. The smallest absolute Gasteiger partial charge is 0.254 e. The molecule has 1 aliphatic rings. The van der Waals surface area contributed by atoms with Crippen molar-refractivity contribution in [3.63, 3.8) is 0 Å². The van der Waals surface area contributed by atoms with E-state index in [0.717, 1.165) is 35.2 Å². The molecular formula is C35H33N3O3. The predicted molar refractivity (Wildman–Crippen MR) is 162 cm³/mol. The molecule has 2 heterocycles. The van der Waals surface area contributed by atoms with Crippen LogP contribution in [-0.4, -0.2) is 61.1 Å². The van der Waals surface area contributed by atoms with Gasteiger partial charge in [0.2, 0.25) is 0 Å². The number of benzene rings is 4. The van der Waals surface area contributed by atoms with Gasteiger partial charge < -0.3 is 14.4 Å². The Hall–Kier alpha value is -4.68. The van der Waals surface area contributed by atoms with Crippen LogP contribution < -0.4 is 9.47 Å². The minimum Gasteiger partial charge on any atom is -0.493 e. The first kappa shape index (κ1) is 26.5. The second-order valence-corrected chi connectivity index (χ2v) is 10.2. The maximum Gasteiger partial charge on any atom is 0.254 e. The van der Waals surface area contributed by atoms with Gasteiger partial charge >= 0.3 is 0 Å². The second kappa shape index (κ2) is 11.8. The largest absolute Gasteiger partial charge is 0.493 e. The van der Waals surface area contributed by atoms with Crippen molar-refractivity contribution >= 4 is 16.8 Å². The standard InChI is InChI=1S/C35H33N3O3/c1-40-32-18-17-27(23-33(32)41-2)31-24-29(28-15-9-10-16-30(28)36-31)35(39)38-21-19-37(20-22-38)34(25-11-5-3-6-12-25)26-13-7-4-8-14-26/h3-18,23-24,34H,19-22H2,1-2H3. The summed E-state index contributed by atoms with van der Waals surface area (Å²) in [6.07, 6.45) is 0. The molecule has 6 rings (SSSR count). The van der Waals surface area contributed by atoms with E-state index in [9.17, 15) is 4.79 Å². The fraction of sp³-hybridized carbons (Fsp3) is 0.200. The van der Waals surface area contributed by atoms with Crippen molar-refractivity contribution in [3.8, 4) is 22.8 Å². The van der Waals surface area contributed by atoms with Crippen molar-refractivity contribution in [1.29, 1.82) is 0 Å². The average Bonchev–Trinajstić information content (AvgIpc) is 3.05. The van der Waals surface area contributed by atoms with Gasteiger partial charge in [-0.1, -0.05) is 78.9 Å². The quantitative estimate of drug-likeness (QED) is 0.236. The van der Waals surface area contributed by atoms with Gasteiger partial charge in [-0.3, -0.25) is 9.69 Å². The number of ether oxygens (including phenoxy) is 2. The number of pyridine rings is 1. The van der Waals surface area contributed by atoms with E-state index in [1.165, 1.54) is 11.1 Å². The molecule has 0 N–H and O–H groups in total. The monoisotopic (exact) mass is 543 g/mol. The van der Waals surface area contributed by atoms with E-state index in [1.54, 1.807) is 14.2 Å². The highest BCUT2D eigenvalue weighted by Crippen LogP contribution is 2.34. The molecule has 0 radical (unpaired) electrons. The zero-order valence-corrected chi connectivity index (χ0v) is 23.4. The van der Waals surface area contributed by atoms with E-state index in [-0.39, 0.29) is 11.9 Å². The Kier molecular flexibility index (Phi) is 7.65. The highest BCUT2D eigenvalue weighted by Gasteiger charge is 2.29. The minimum absolute atomic E-state index is 0.0287. The zero-order chi connectivity index (χ0) is 28.2. The van der Waals surface area contributed by atoms with Crippen molar-refractivity contribution in [1.82, 2.24) is 14.8 Å². The summed E-state index contributed by atoms with van der Waals surface area (Å²) in [5.74, 6) is 1.30. The maximum atomic E-state index is 14.1. The van der Waals surface area contributed by atoms with Crippen LogP contribution in [-0.2, 0) is 0 Å². The van der Waals surface area contributed by atoms with Gasteiger partial charge in [-0.15, -0.1) is 0 Å². The van der Waals surface area contributed by atoms with Crippen LogP contribution in [0.4, 0.5) is 0 Å². The predicted octanol–water partition coefficient (Wildman–Crippen LogP) is 6.47. The van der Waals surface area contributed by atoms with Gasteiger partial charge in [0.1, 0.15) is 0 Å². The van der Waals surface area contributed by atoms with Gasteiger partial charge in [-0.05, 0) is 41.5 Å². The Balaban J connectivity index is 1.29. The Bertz CT molecular complexity index is 1610. The van der Waals surface area contributed by atoms with E-state index in [1.807, 2.05) is 53.4 Å². The number of fused-ring (bicyclic) bond motifs is 1. The molecule has 4 aromatic carbocycles. The molecule has 0 atom stereocenters. The van der Waals surface area contributed by atoms with E-state index >= 15 is 0 Å². The van der Waals surface area contributed by atoms with Crippen LogP contribution in [0, 0.1) is 0 Å². The zero-order valence-electron chi connectivity index (χ0n) is 23.4. The molecule has 6 nitrogen and oxygen atoms in total. The third-order valence-corrected chi connectivity index (χ3v) is 7.82.